The number of benzene rings is 1. The number of piperidine rings is 1. The second kappa shape index (κ2) is 6.09. The lowest BCUT2D eigenvalue weighted by Gasteiger charge is -2.33. The third-order valence-corrected chi connectivity index (χ3v) is 4.14. The van der Waals surface area contributed by atoms with Crippen LogP contribution in [0.3, 0.4) is 0 Å². The molecule has 22 heavy (non-hydrogen) atoms. The molecule has 0 amide bonds. The molecule has 0 saturated carbocycles. The maximum absolute atomic E-state index is 11.4. The molecule has 0 atom stereocenters. The Bertz CT molecular complexity index is 705. The van der Waals surface area contributed by atoms with Gasteiger partial charge in [-0.2, -0.15) is 4.98 Å². The summed E-state index contributed by atoms with van der Waals surface area (Å²) in [5.41, 5.74) is 6.59. The molecule has 0 radical (unpaired) electrons. The van der Waals surface area contributed by atoms with Crippen LogP contribution in [0.1, 0.15) is 24.3 Å². The van der Waals surface area contributed by atoms with Gasteiger partial charge in [-0.1, -0.05) is 12.1 Å². The third kappa shape index (κ3) is 3.05. The molecule has 116 valence electrons. The number of nitrogens with zero attached hydrogens (tertiary/aromatic N) is 2. The van der Waals surface area contributed by atoms with Crippen molar-refractivity contribution in [3.8, 4) is 5.75 Å². The summed E-state index contributed by atoms with van der Waals surface area (Å²) < 4.78 is 5.29. The zero-order valence-corrected chi connectivity index (χ0v) is 12.6. The van der Waals surface area contributed by atoms with E-state index in [2.05, 4.69) is 27.0 Å². The van der Waals surface area contributed by atoms with Crippen molar-refractivity contribution < 1.29 is 4.74 Å². The van der Waals surface area contributed by atoms with Crippen molar-refractivity contribution in [3.05, 3.63) is 46.4 Å². The van der Waals surface area contributed by atoms with Crippen LogP contribution in [0.2, 0.25) is 0 Å². The summed E-state index contributed by atoms with van der Waals surface area (Å²) in [5, 5.41) is 0. The fourth-order valence-electron chi connectivity index (χ4n) is 2.96. The number of nitrogens with one attached hydrogen (secondary N) is 1. The highest BCUT2D eigenvalue weighted by atomic mass is 16.5. The van der Waals surface area contributed by atoms with Crippen molar-refractivity contribution in [2.24, 2.45) is 0 Å². The number of nitrogen functional groups attached to an aromatic ring is 1. The summed E-state index contributed by atoms with van der Waals surface area (Å²) in [6.07, 6.45) is 2.03. The number of hydrogen-bond acceptors (Lipinski definition) is 5. The molecular weight excluding hydrogens is 280 g/mol. The van der Waals surface area contributed by atoms with Crippen molar-refractivity contribution in [2.75, 3.05) is 30.8 Å². The molecule has 1 aromatic carbocycles. The number of H-pyrrole nitrogens is 1. The van der Waals surface area contributed by atoms with Crippen molar-refractivity contribution in [1.29, 1.82) is 0 Å². The van der Waals surface area contributed by atoms with Crippen molar-refractivity contribution >= 4 is 11.6 Å². The van der Waals surface area contributed by atoms with Gasteiger partial charge in [-0.15, -0.1) is 0 Å². The summed E-state index contributed by atoms with van der Waals surface area (Å²) >= 11 is 0. The van der Waals surface area contributed by atoms with E-state index in [4.69, 9.17) is 10.5 Å². The van der Waals surface area contributed by atoms with E-state index in [-0.39, 0.29) is 0 Å². The van der Waals surface area contributed by atoms with E-state index in [0.29, 0.717) is 17.6 Å². The lowest BCUT2D eigenvalue weighted by Crippen LogP contribution is -2.34. The van der Waals surface area contributed by atoms with Crippen molar-refractivity contribution in [1.82, 2.24) is 9.97 Å². The van der Waals surface area contributed by atoms with E-state index < -0.39 is 5.69 Å². The molecular formula is C16H20N4O2. The summed E-state index contributed by atoms with van der Waals surface area (Å²) in [4.78, 5) is 20.0. The minimum absolute atomic E-state index is 0.352. The van der Waals surface area contributed by atoms with Crippen LogP contribution < -0.4 is 21.1 Å². The minimum atomic E-state index is -0.398. The molecule has 6 heteroatoms. The fourth-order valence-corrected chi connectivity index (χ4v) is 2.96. The number of methoxy groups -OCH3 is 1. The first-order valence-corrected chi connectivity index (χ1v) is 7.41. The zero-order chi connectivity index (χ0) is 15.5. The Morgan fingerprint density at radius 1 is 1.32 bits per heavy atom. The van der Waals surface area contributed by atoms with Gasteiger partial charge in [0.15, 0.2) is 0 Å². The number of anilines is 2. The molecule has 1 aliphatic heterocycles. The van der Waals surface area contributed by atoms with Crippen LogP contribution >= 0.6 is 0 Å². The minimum Gasteiger partial charge on any atom is -0.497 e. The molecule has 0 spiro atoms. The molecule has 2 aromatic rings. The highest BCUT2D eigenvalue weighted by Gasteiger charge is 2.22. The van der Waals surface area contributed by atoms with Crippen LogP contribution in [0.4, 0.5) is 11.6 Å². The van der Waals surface area contributed by atoms with Gasteiger partial charge in [-0.05, 0) is 36.5 Å². The Morgan fingerprint density at radius 3 is 2.77 bits per heavy atom. The van der Waals surface area contributed by atoms with Crippen LogP contribution in [-0.2, 0) is 0 Å². The summed E-state index contributed by atoms with van der Waals surface area (Å²) in [6.45, 7) is 1.72. The zero-order valence-electron chi connectivity index (χ0n) is 12.6. The normalized spacial score (nSPS) is 15.8. The molecule has 1 aromatic heterocycles. The lowest BCUT2D eigenvalue weighted by atomic mass is 9.89. The van der Waals surface area contributed by atoms with Gasteiger partial charge in [0.1, 0.15) is 17.4 Å². The van der Waals surface area contributed by atoms with E-state index in [1.165, 1.54) is 5.56 Å². The van der Waals surface area contributed by atoms with Gasteiger partial charge < -0.3 is 15.4 Å². The molecule has 3 rings (SSSR count). The summed E-state index contributed by atoms with van der Waals surface area (Å²) in [6, 6.07) is 9.95. The van der Waals surface area contributed by atoms with Gasteiger partial charge >= 0.3 is 5.69 Å². The average Bonchev–Trinajstić information content (AvgIpc) is 2.54. The van der Waals surface area contributed by atoms with E-state index in [1.54, 1.807) is 13.2 Å². The summed E-state index contributed by atoms with van der Waals surface area (Å²) in [5.74, 6) is 2.41. The second-order valence-electron chi connectivity index (χ2n) is 5.54. The second-order valence-corrected chi connectivity index (χ2v) is 5.54. The lowest BCUT2D eigenvalue weighted by molar-refractivity contribution is 0.412. The number of ether oxygens (including phenoxy) is 1. The maximum atomic E-state index is 11.4. The molecule has 0 bridgehead atoms. The molecule has 0 aliphatic carbocycles. The van der Waals surface area contributed by atoms with Gasteiger partial charge in [-0.25, -0.2) is 4.79 Å². The first-order chi connectivity index (χ1) is 10.7. The molecule has 1 saturated heterocycles. The van der Waals surface area contributed by atoms with Crippen molar-refractivity contribution in [3.63, 3.8) is 0 Å². The number of hydrogen-bond donors (Lipinski definition) is 2. The quantitative estimate of drug-likeness (QED) is 0.902. The Balaban J connectivity index is 1.70. The number of aromatic amines is 1. The van der Waals surface area contributed by atoms with Gasteiger partial charge in [0.05, 0.1) is 7.11 Å². The van der Waals surface area contributed by atoms with Crippen LogP contribution in [-0.4, -0.2) is 30.2 Å². The first kappa shape index (κ1) is 14.4. The topological polar surface area (TPSA) is 84.2 Å². The van der Waals surface area contributed by atoms with Crippen LogP contribution in [0, 0.1) is 0 Å². The van der Waals surface area contributed by atoms with Gasteiger partial charge in [0, 0.05) is 19.2 Å². The van der Waals surface area contributed by atoms with Crippen LogP contribution in [0.25, 0.3) is 0 Å². The molecule has 6 nitrogen and oxygen atoms in total. The molecule has 2 heterocycles. The Morgan fingerprint density at radius 2 is 2.09 bits per heavy atom. The third-order valence-electron chi connectivity index (χ3n) is 4.14. The molecule has 1 fully saturated rings. The van der Waals surface area contributed by atoms with E-state index in [0.717, 1.165) is 31.7 Å². The van der Waals surface area contributed by atoms with E-state index in [9.17, 15) is 4.79 Å². The highest BCUT2D eigenvalue weighted by Crippen LogP contribution is 2.31. The van der Waals surface area contributed by atoms with Crippen LogP contribution in [0.5, 0.6) is 5.75 Å². The molecule has 3 N–H and O–H groups in total. The SMILES string of the molecule is COc1cccc(C2CCN(c3cc(N)[nH]c(=O)n3)CC2)c1. The summed E-state index contributed by atoms with van der Waals surface area (Å²) in [7, 11) is 1.69. The van der Waals surface area contributed by atoms with Gasteiger partial charge in [-0.3, -0.25) is 4.98 Å². The monoisotopic (exact) mass is 300 g/mol. The van der Waals surface area contributed by atoms with Gasteiger partial charge in [0.2, 0.25) is 0 Å². The smallest absolute Gasteiger partial charge is 0.348 e. The Labute approximate surface area is 128 Å². The predicted molar refractivity (Wildman–Crippen MR) is 86.5 cm³/mol. The first-order valence-electron chi connectivity index (χ1n) is 7.41. The standard InChI is InChI=1S/C16H20N4O2/c1-22-13-4-2-3-12(9-13)11-5-7-20(8-6-11)15-10-14(17)18-16(21)19-15/h2-4,9-11H,5-8H2,1H3,(H3,17,18,19,21). The number of aromatic nitrogens is 2. The molecule has 0 unspecified atom stereocenters. The maximum Gasteiger partial charge on any atom is 0.348 e. The van der Waals surface area contributed by atoms with Crippen molar-refractivity contribution in [2.45, 2.75) is 18.8 Å². The predicted octanol–water partition coefficient (Wildman–Crippen LogP) is 1.74. The van der Waals surface area contributed by atoms with E-state index >= 15 is 0 Å². The largest absolute Gasteiger partial charge is 0.497 e. The number of nitrogens with two attached hydrogens (primary N) is 1. The fraction of sp³-hybridized carbons (Fsp3) is 0.375. The van der Waals surface area contributed by atoms with Crippen LogP contribution in [0.15, 0.2) is 35.1 Å². The number of rotatable bonds is 3. The van der Waals surface area contributed by atoms with Gasteiger partial charge in [0.25, 0.3) is 0 Å². The Kier molecular flexibility index (Phi) is 4.00. The van der Waals surface area contributed by atoms with E-state index in [1.807, 2.05) is 12.1 Å². The molecule has 1 aliphatic rings. The Hall–Kier alpha value is -2.50. The average molecular weight is 300 g/mol. The highest BCUT2D eigenvalue weighted by molar-refractivity contribution is 5.46.